The third-order valence-corrected chi connectivity index (χ3v) is 2.18. The molecule has 1 aromatic rings. The lowest BCUT2D eigenvalue weighted by Crippen LogP contribution is -2.27. The van der Waals surface area contributed by atoms with Crippen LogP contribution in [0.15, 0.2) is 12.3 Å². The highest BCUT2D eigenvalue weighted by Gasteiger charge is 2.14. The van der Waals surface area contributed by atoms with Crippen LogP contribution in [0.3, 0.4) is 0 Å². The number of aromatic nitrogens is 1. The zero-order chi connectivity index (χ0) is 13.5. The largest absolute Gasteiger partial charge is 0.462 e. The first-order valence-corrected chi connectivity index (χ1v) is 5.46. The van der Waals surface area contributed by atoms with Crippen LogP contribution in [0.25, 0.3) is 0 Å². The molecular formula is C11H16N4O3. The maximum atomic E-state index is 11.6. The van der Waals surface area contributed by atoms with Crippen molar-refractivity contribution in [3.05, 3.63) is 17.8 Å². The van der Waals surface area contributed by atoms with E-state index in [0.29, 0.717) is 0 Å². The van der Waals surface area contributed by atoms with Crippen molar-refractivity contribution in [3.8, 4) is 0 Å². The molecule has 7 nitrogen and oxygen atoms in total. The summed E-state index contributed by atoms with van der Waals surface area (Å²) in [6.45, 7) is 2.00. The van der Waals surface area contributed by atoms with Gasteiger partial charge in [0.25, 0.3) is 0 Å². The van der Waals surface area contributed by atoms with Gasteiger partial charge in [-0.2, -0.15) is 0 Å². The third kappa shape index (κ3) is 3.34. The first kappa shape index (κ1) is 13.8. The number of likely N-dealkylation sites (N-methyl/N-ethyl adjacent to an activating group) is 1. The molecule has 0 aliphatic carbocycles. The van der Waals surface area contributed by atoms with Crippen LogP contribution in [0.5, 0.6) is 0 Å². The number of hydrogen-bond acceptors (Lipinski definition) is 6. The number of esters is 1. The lowest BCUT2D eigenvalue weighted by atomic mass is 10.2. The number of nitrogens with two attached hydrogens (primary N) is 1. The fourth-order valence-corrected chi connectivity index (χ4v) is 1.25. The molecule has 0 fully saturated rings. The molecule has 0 aliphatic heterocycles. The van der Waals surface area contributed by atoms with E-state index in [1.807, 2.05) is 0 Å². The average molecular weight is 252 g/mol. The third-order valence-electron chi connectivity index (χ3n) is 2.18. The van der Waals surface area contributed by atoms with E-state index in [-0.39, 0.29) is 36.1 Å². The highest BCUT2D eigenvalue weighted by atomic mass is 16.5. The number of rotatable bonds is 5. The molecule has 0 radical (unpaired) electrons. The molecule has 0 aromatic carbocycles. The van der Waals surface area contributed by atoms with E-state index in [2.05, 4.69) is 15.6 Å². The molecule has 0 saturated heterocycles. The van der Waals surface area contributed by atoms with Crippen molar-refractivity contribution in [1.82, 2.24) is 10.3 Å². The topological polar surface area (TPSA) is 106 Å². The molecule has 18 heavy (non-hydrogen) atoms. The Morgan fingerprint density at radius 2 is 2.22 bits per heavy atom. The summed E-state index contributed by atoms with van der Waals surface area (Å²) in [6, 6.07) is 1.47. The Morgan fingerprint density at radius 1 is 1.50 bits per heavy atom. The lowest BCUT2D eigenvalue weighted by molar-refractivity contribution is -0.118. The van der Waals surface area contributed by atoms with Gasteiger partial charge in [0.05, 0.1) is 24.4 Å². The number of pyridine rings is 1. The van der Waals surface area contributed by atoms with Crippen LogP contribution in [0.1, 0.15) is 17.3 Å². The zero-order valence-corrected chi connectivity index (χ0v) is 10.3. The molecule has 0 spiro atoms. The van der Waals surface area contributed by atoms with Crippen LogP contribution in [0, 0.1) is 0 Å². The summed E-state index contributed by atoms with van der Waals surface area (Å²) in [5.41, 5.74) is 6.18. The van der Waals surface area contributed by atoms with Gasteiger partial charge in [-0.1, -0.05) is 0 Å². The maximum absolute atomic E-state index is 11.6. The Morgan fingerprint density at radius 3 is 2.83 bits per heavy atom. The van der Waals surface area contributed by atoms with Gasteiger partial charge >= 0.3 is 5.97 Å². The van der Waals surface area contributed by atoms with E-state index in [0.717, 1.165) is 0 Å². The molecule has 1 heterocycles. The summed E-state index contributed by atoms with van der Waals surface area (Å²) in [6.07, 6.45) is 1.43. The second-order valence-electron chi connectivity index (χ2n) is 3.37. The van der Waals surface area contributed by atoms with Gasteiger partial charge in [-0.3, -0.25) is 4.79 Å². The molecule has 1 rings (SSSR count). The summed E-state index contributed by atoms with van der Waals surface area (Å²) >= 11 is 0. The molecule has 0 unspecified atom stereocenters. The number of carbonyl (C=O) groups is 2. The summed E-state index contributed by atoms with van der Waals surface area (Å²) < 4.78 is 4.86. The summed E-state index contributed by atoms with van der Waals surface area (Å²) in [7, 11) is 1.52. The van der Waals surface area contributed by atoms with Gasteiger partial charge in [-0.05, 0) is 13.0 Å². The first-order valence-electron chi connectivity index (χ1n) is 5.46. The Bertz CT molecular complexity index is 448. The highest BCUT2D eigenvalue weighted by Crippen LogP contribution is 2.20. The van der Waals surface area contributed by atoms with Crippen molar-refractivity contribution < 1.29 is 14.3 Å². The minimum atomic E-state index is -0.514. The van der Waals surface area contributed by atoms with Crippen LogP contribution in [-0.4, -0.2) is 37.1 Å². The van der Waals surface area contributed by atoms with Crippen molar-refractivity contribution in [2.45, 2.75) is 6.92 Å². The van der Waals surface area contributed by atoms with E-state index in [1.54, 1.807) is 6.92 Å². The lowest BCUT2D eigenvalue weighted by Gasteiger charge is -2.10. The van der Waals surface area contributed by atoms with Gasteiger partial charge in [0.1, 0.15) is 5.82 Å². The monoisotopic (exact) mass is 252 g/mol. The van der Waals surface area contributed by atoms with Crippen LogP contribution in [0.4, 0.5) is 11.5 Å². The van der Waals surface area contributed by atoms with Crippen LogP contribution < -0.4 is 16.4 Å². The van der Waals surface area contributed by atoms with E-state index in [9.17, 15) is 9.59 Å². The van der Waals surface area contributed by atoms with Crippen LogP contribution in [-0.2, 0) is 9.53 Å². The van der Waals surface area contributed by atoms with Crippen LogP contribution in [0.2, 0.25) is 0 Å². The van der Waals surface area contributed by atoms with Gasteiger partial charge in [-0.25, -0.2) is 9.78 Å². The number of ether oxygens (including phenoxy) is 1. The number of nitrogen functional groups attached to an aromatic ring is 1. The van der Waals surface area contributed by atoms with Gasteiger partial charge in [0, 0.05) is 13.2 Å². The molecule has 98 valence electrons. The van der Waals surface area contributed by atoms with Crippen molar-refractivity contribution >= 4 is 23.4 Å². The molecule has 0 saturated carbocycles. The fourth-order valence-electron chi connectivity index (χ4n) is 1.25. The Kier molecular flexibility index (Phi) is 4.91. The Hall–Kier alpha value is -2.31. The van der Waals surface area contributed by atoms with Crippen molar-refractivity contribution in [2.24, 2.45) is 0 Å². The van der Waals surface area contributed by atoms with Gasteiger partial charge < -0.3 is 21.1 Å². The predicted octanol–water partition coefficient (Wildman–Crippen LogP) is -0.00160. The van der Waals surface area contributed by atoms with E-state index < -0.39 is 5.97 Å². The minimum Gasteiger partial charge on any atom is -0.462 e. The quantitative estimate of drug-likeness (QED) is 0.637. The number of amides is 1. The van der Waals surface area contributed by atoms with Gasteiger partial charge in [0.2, 0.25) is 5.91 Å². The SMILES string of the molecule is CCOC(=O)c1ccnc(NCC(=O)NC)c1N. The van der Waals surface area contributed by atoms with Gasteiger partial charge in [0.15, 0.2) is 0 Å². The number of nitrogens with zero attached hydrogens (tertiary/aromatic N) is 1. The molecular weight excluding hydrogens is 236 g/mol. The number of hydrogen-bond donors (Lipinski definition) is 3. The number of anilines is 2. The normalized spacial score (nSPS) is 9.67. The zero-order valence-electron chi connectivity index (χ0n) is 10.3. The van der Waals surface area contributed by atoms with Gasteiger partial charge in [-0.15, -0.1) is 0 Å². The second-order valence-corrected chi connectivity index (χ2v) is 3.37. The molecule has 7 heteroatoms. The molecule has 0 bridgehead atoms. The average Bonchev–Trinajstić information content (AvgIpc) is 2.37. The second kappa shape index (κ2) is 6.43. The smallest absolute Gasteiger partial charge is 0.340 e. The Labute approximate surface area is 105 Å². The molecule has 0 aliphatic rings. The Balaban J connectivity index is 2.84. The maximum Gasteiger partial charge on any atom is 0.340 e. The summed E-state index contributed by atoms with van der Waals surface area (Å²) in [5, 5.41) is 5.20. The molecule has 4 N–H and O–H groups in total. The van der Waals surface area contributed by atoms with E-state index in [4.69, 9.17) is 10.5 Å². The molecule has 1 amide bonds. The highest BCUT2D eigenvalue weighted by molar-refractivity contribution is 5.97. The van der Waals surface area contributed by atoms with E-state index >= 15 is 0 Å². The number of carbonyl (C=O) groups excluding carboxylic acids is 2. The van der Waals surface area contributed by atoms with E-state index in [1.165, 1.54) is 19.3 Å². The molecule has 1 aromatic heterocycles. The number of nitrogens with one attached hydrogen (secondary N) is 2. The standard InChI is InChI=1S/C11H16N4O3/c1-3-18-11(17)7-4-5-14-10(9(7)12)15-6-8(16)13-2/h4-5H,3,6,12H2,1-2H3,(H,13,16)(H,14,15). The summed E-state index contributed by atoms with van der Waals surface area (Å²) in [5.74, 6) is -0.442. The van der Waals surface area contributed by atoms with Crippen molar-refractivity contribution in [1.29, 1.82) is 0 Å². The van der Waals surface area contributed by atoms with Crippen LogP contribution >= 0.6 is 0 Å². The van der Waals surface area contributed by atoms with Crippen molar-refractivity contribution in [2.75, 3.05) is 31.2 Å². The molecule has 0 atom stereocenters. The van der Waals surface area contributed by atoms with Crippen molar-refractivity contribution in [3.63, 3.8) is 0 Å². The minimum absolute atomic E-state index is 0.0278. The fraction of sp³-hybridized carbons (Fsp3) is 0.364. The first-order chi connectivity index (χ1) is 8.60. The summed E-state index contributed by atoms with van der Waals surface area (Å²) in [4.78, 5) is 26.6. The predicted molar refractivity (Wildman–Crippen MR) is 67.2 cm³/mol.